The molecule has 250 valence electrons. The first-order valence-electron chi connectivity index (χ1n) is 16.3. The lowest BCUT2D eigenvalue weighted by Gasteiger charge is -2.19. The minimum atomic E-state index is -0.489. The summed E-state index contributed by atoms with van der Waals surface area (Å²) in [6.07, 6.45) is 1.72. The molecule has 0 unspecified atom stereocenters. The van der Waals surface area contributed by atoms with Crippen molar-refractivity contribution >= 4 is 24.1 Å². The van der Waals surface area contributed by atoms with Crippen LogP contribution in [0, 0.1) is 37.3 Å². The first kappa shape index (κ1) is 37.6. The van der Waals surface area contributed by atoms with Gasteiger partial charge in [0.1, 0.15) is 13.2 Å². The number of hydrogen-bond donors (Lipinski definition) is 0. The van der Waals surface area contributed by atoms with Crippen LogP contribution in [0.25, 0.3) is 5.57 Å². The fourth-order valence-corrected chi connectivity index (χ4v) is 5.90. The number of esters is 1. The third-order valence-electron chi connectivity index (χ3n) is 8.18. The van der Waals surface area contributed by atoms with Gasteiger partial charge in [0.05, 0.1) is 44.3 Å². The van der Waals surface area contributed by atoms with Gasteiger partial charge in [-0.15, -0.1) is 11.6 Å². The second kappa shape index (κ2) is 19.1. The number of methoxy groups -OCH3 is 2. The van der Waals surface area contributed by atoms with Gasteiger partial charge in [-0.1, -0.05) is 37.8 Å². The van der Waals surface area contributed by atoms with Crippen LogP contribution in [0.15, 0.2) is 46.1 Å². The molecule has 1 aliphatic rings. The lowest BCUT2D eigenvalue weighted by Crippen LogP contribution is -2.26. The second-order valence-electron chi connectivity index (χ2n) is 11.1. The number of allylic oxidation sites excluding steroid dienone is 2. The van der Waals surface area contributed by atoms with Crippen molar-refractivity contribution in [2.75, 3.05) is 60.5 Å². The number of aliphatic imine (C=N–C) groups is 1. The molecule has 8 nitrogen and oxygen atoms in total. The van der Waals surface area contributed by atoms with Crippen LogP contribution in [0.1, 0.15) is 79.5 Å². The SMILES string of the molecule is CCOC(=O)c1ccc(/C(=C2/N=C(C)C(CC)=C2C)c2c(C)c(CC)c(C)n2B(C#CCOCCOC)C#CCOCCOC)cc1. The van der Waals surface area contributed by atoms with E-state index in [1.54, 1.807) is 21.1 Å². The minimum absolute atomic E-state index is 0.260. The van der Waals surface area contributed by atoms with Gasteiger partial charge in [0.15, 0.2) is 0 Å². The Kier molecular flexibility index (Phi) is 15.3. The van der Waals surface area contributed by atoms with Crippen LogP contribution in [0.5, 0.6) is 0 Å². The van der Waals surface area contributed by atoms with E-state index in [0.29, 0.717) is 38.6 Å². The maximum Gasteiger partial charge on any atom is 0.433 e. The number of rotatable bonds is 15. The van der Waals surface area contributed by atoms with Gasteiger partial charge < -0.3 is 28.2 Å². The normalized spacial score (nSPS) is 13.5. The van der Waals surface area contributed by atoms with E-state index in [-0.39, 0.29) is 19.2 Å². The highest BCUT2D eigenvalue weighted by Crippen LogP contribution is 2.40. The number of carbonyl (C=O) groups is 1. The smallest absolute Gasteiger partial charge is 0.433 e. The molecule has 0 saturated carbocycles. The van der Waals surface area contributed by atoms with E-state index in [1.165, 1.54) is 11.1 Å². The molecule has 47 heavy (non-hydrogen) atoms. The third kappa shape index (κ3) is 9.37. The van der Waals surface area contributed by atoms with Crippen molar-refractivity contribution in [1.29, 1.82) is 0 Å². The predicted molar refractivity (Wildman–Crippen MR) is 190 cm³/mol. The van der Waals surface area contributed by atoms with Crippen LogP contribution >= 0.6 is 0 Å². The van der Waals surface area contributed by atoms with Crippen LogP contribution in [-0.4, -0.2) is 83.5 Å². The van der Waals surface area contributed by atoms with Crippen LogP contribution < -0.4 is 0 Å². The van der Waals surface area contributed by atoms with E-state index in [9.17, 15) is 4.79 Å². The predicted octanol–water partition coefficient (Wildman–Crippen LogP) is 6.06. The lowest BCUT2D eigenvalue weighted by atomic mass is 9.63. The average molecular weight is 641 g/mol. The van der Waals surface area contributed by atoms with Crippen molar-refractivity contribution in [3.8, 4) is 23.5 Å². The van der Waals surface area contributed by atoms with Crippen molar-refractivity contribution in [1.82, 2.24) is 4.48 Å². The second-order valence-corrected chi connectivity index (χ2v) is 11.1. The summed E-state index contributed by atoms with van der Waals surface area (Å²) in [5.41, 5.74) is 11.2. The highest BCUT2D eigenvalue weighted by atomic mass is 16.5. The monoisotopic (exact) mass is 640 g/mol. The van der Waals surface area contributed by atoms with Crippen molar-refractivity contribution in [2.45, 2.75) is 61.3 Å². The molecule has 0 radical (unpaired) electrons. The zero-order valence-electron chi connectivity index (χ0n) is 29.6. The van der Waals surface area contributed by atoms with Crippen LogP contribution in [0.2, 0.25) is 0 Å². The number of hydrogen-bond acceptors (Lipinski definition) is 7. The molecule has 0 saturated heterocycles. The van der Waals surface area contributed by atoms with E-state index < -0.39 is 6.85 Å². The molecule has 0 fully saturated rings. The molecule has 0 aliphatic carbocycles. The van der Waals surface area contributed by atoms with Gasteiger partial charge in [-0.3, -0.25) is 4.99 Å². The molecule has 3 rings (SSSR count). The van der Waals surface area contributed by atoms with Crippen molar-refractivity contribution < 1.29 is 28.5 Å². The first-order chi connectivity index (χ1) is 22.7. The van der Waals surface area contributed by atoms with E-state index in [1.807, 2.05) is 24.3 Å². The molecule has 2 aromatic rings. The highest BCUT2D eigenvalue weighted by molar-refractivity contribution is 6.74. The van der Waals surface area contributed by atoms with Crippen molar-refractivity contribution in [2.24, 2.45) is 4.99 Å². The Morgan fingerprint density at radius 1 is 0.830 bits per heavy atom. The summed E-state index contributed by atoms with van der Waals surface area (Å²) in [5.74, 6) is 12.9. The zero-order valence-corrected chi connectivity index (χ0v) is 29.6. The van der Waals surface area contributed by atoms with Gasteiger partial charge in [0, 0.05) is 36.9 Å². The summed E-state index contributed by atoms with van der Waals surface area (Å²) in [4.78, 5) is 17.7. The van der Waals surface area contributed by atoms with Crippen LogP contribution in [-0.2, 0) is 30.1 Å². The largest absolute Gasteiger partial charge is 0.462 e. The van der Waals surface area contributed by atoms with E-state index in [2.05, 4.69) is 69.5 Å². The Balaban J connectivity index is 2.31. The van der Waals surface area contributed by atoms with E-state index >= 15 is 0 Å². The highest BCUT2D eigenvalue weighted by Gasteiger charge is 2.30. The molecule has 2 heterocycles. The Morgan fingerprint density at radius 2 is 1.40 bits per heavy atom. The Bertz CT molecular complexity index is 1580. The fourth-order valence-electron chi connectivity index (χ4n) is 5.90. The number of aromatic nitrogens is 1. The number of ether oxygens (including phenoxy) is 5. The number of carbonyl (C=O) groups excluding carboxylic acids is 1. The molecule has 0 atom stereocenters. The molecule has 0 N–H and O–H groups in total. The summed E-state index contributed by atoms with van der Waals surface area (Å²) in [5, 5.41) is 0. The maximum atomic E-state index is 12.5. The minimum Gasteiger partial charge on any atom is -0.462 e. The summed E-state index contributed by atoms with van der Waals surface area (Å²) < 4.78 is 29.1. The summed E-state index contributed by atoms with van der Waals surface area (Å²) in [6, 6.07) is 7.60. The van der Waals surface area contributed by atoms with E-state index in [0.717, 1.165) is 57.9 Å². The quantitative estimate of drug-likeness (QED) is 0.102. The molecular formula is C38H49BN2O6. The molecule has 0 spiro atoms. The number of nitrogens with zero attached hydrogens (tertiary/aromatic N) is 2. The first-order valence-corrected chi connectivity index (χ1v) is 16.3. The van der Waals surface area contributed by atoms with E-state index in [4.69, 9.17) is 28.7 Å². The third-order valence-corrected chi connectivity index (χ3v) is 8.18. The Labute approximate surface area is 281 Å². The van der Waals surface area contributed by atoms with Crippen molar-refractivity contribution in [3.05, 3.63) is 74.8 Å². The molecule has 1 aliphatic heterocycles. The summed E-state index contributed by atoms with van der Waals surface area (Å²) >= 11 is 0. The summed E-state index contributed by atoms with van der Waals surface area (Å²) in [7, 11) is 3.29. The van der Waals surface area contributed by atoms with Gasteiger partial charge in [0.25, 0.3) is 0 Å². The summed E-state index contributed by atoms with van der Waals surface area (Å²) in [6.45, 7) is 16.9. The molecule has 9 heteroatoms. The van der Waals surface area contributed by atoms with Gasteiger partial charge >= 0.3 is 12.8 Å². The maximum absolute atomic E-state index is 12.5. The van der Waals surface area contributed by atoms with Gasteiger partial charge in [-0.05, 0) is 87.4 Å². The van der Waals surface area contributed by atoms with Gasteiger partial charge in [-0.25, -0.2) is 4.79 Å². The molecule has 1 aromatic heterocycles. The van der Waals surface area contributed by atoms with Crippen LogP contribution in [0.4, 0.5) is 0 Å². The molecule has 0 amide bonds. The topological polar surface area (TPSA) is 80.5 Å². The van der Waals surface area contributed by atoms with Crippen molar-refractivity contribution in [3.63, 3.8) is 0 Å². The fraction of sp³-hybridized carbons (Fsp3) is 0.474. The Hall–Kier alpha value is -3.86. The number of benzene rings is 1. The van der Waals surface area contributed by atoms with Gasteiger partial charge in [-0.2, -0.15) is 0 Å². The zero-order chi connectivity index (χ0) is 34.3. The van der Waals surface area contributed by atoms with Gasteiger partial charge in [0.2, 0.25) is 0 Å². The molecule has 0 bridgehead atoms. The molecular weight excluding hydrogens is 591 g/mol. The van der Waals surface area contributed by atoms with Crippen LogP contribution in [0.3, 0.4) is 0 Å². The standard InChI is InChI=1S/C38H49BN2O6/c1-10-33-27(4)36(40-29(33)6)35(31-15-17-32(18-16-31)38(42)47-12-3)37-28(5)34(11-2)30(7)41(37)39(19-13-21-45-25-23-43-8)20-14-22-46-26-24-44-9/h15-18H,10-12,21-26H2,1-9H3/b36-35-. The Morgan fingerprint density at radius 3 is 1.89 bits per heavy atom. The average Bonchev–Trinajstić information content (AvgIpc) is 3.49. The molecule has 1 aromatic carbocycles. The lowest BCUT2D eigenvalue weighted by molar-refractivity contribution is 0.0526.